The molecule has 0 spiro atoms. The van der Waals surface area contributed by atoms with E-state index in [0.29, 0.717) is 28.6 Å². The second-order valence-corrected chi connectivity index (χ2v) is 7.12. The molecule has 3 aromatic rings. The van der Waals surface area contributed by atoms with Crippen molar-refractivity contribution in [2.24, 2.45) is 0 Å². The lowest BCUT2D eigenvalue weighted by atomic mass is 10.1. The van der Waals surface area contributed by atoms with Crippen molar-refractivity contribution < 1.29 is 18.8 Å². The summed E-state index contributed by atoms with van der Waals surface area (Å²) in [5, 5.41) is 7.16. The molecule has 0 fully saturated rings. The maximum Gasteiger partial charge on any atom is 0.316 e. The number of aromatic nitrogens is 2. The molecule has 30 heavy (non-hydrogen) atoms. The van der Waals surface area contributed by atoms with Gasteiger partial charge in [0.25, 0.3) is 5.91 Å². The molecule has 9 heteroatoms. The number of benzene rings is 2. The van der Waals surface area contributed by atoms with Crippen LogP contribution in [-0.4, -0.2) is 35.1 Å². The van der Waals surface area contributed by atoms with Crippen LogP contribution in [0.4, 0.5) is 5.69 Å². The zero-order valence-electron chi connectivity index (χ0n) is 16.2. The summed E-state index contributed by atoms with van der Waals surface area (Å²) in [6.07, 6.45) is 0.838. The molecule has 1 aliphatic rings. The highest BCUT2D eigenvalue weighted by atomic mass is 35.5. The van der Waals surface area contributed by atoms with E-state index >= 15 is 0 Å². The van der Waals surface area contributed by atoms with Crippen LogP contribution in [0, 0.1) is 0 Å². The second kappa shape index (κ2) is 8.54. The van der Waals surface area contributed by atoms with E-state index in [9.17, 15) is 9.59 Å². The lowest BCUT2D eigenvalue weighted by Crippen LogP contribution is -2.39. The van der Waals surface area contributed by atoms with Crippen molar-refractivity contribution in [3.63, 3.8) is 0 Å². The Kier molecular flexibility index (Phi) is 5.67. The van der Waals surface area contributed by atoms with Gasteiger partial charge >= 0.3 is 11.8 Å². The molecule has 154 valence electrons. The van der Waals surface area contributed by atoms with E-state index in [2.05, 4.69) is 15.5 Å². The number of ether oxygens (including phenoxy) is 1. The number of carbonyl (C=O) groups is 2. The van der Waals surface area contributed by atoms with Crippen LogP contribution in [0.15, 0.2) is 47.0 Å². The maximum absolute atomic E-state index is 12.3. The van der Waals surface area contributed by atoms with Crippen LogP contribution in [0.25, 0.3) is 11.4 Å². The first-order chi connectivity index (χ1) is 14.6. The van der Waals surface area contributed by atoms with E-state index in [1.807, 2.05) is 25.1 Å². The van der Waals surface area contributed by atoms with Gasteiger partial charge in [0, 0.05) is 23.7 Å². The van der Waals surface area contributed by atoms with E-state index in [1.165, 1.54) is 0 Å². The number of amides is 2. The number of hydrogen-bond acceptors (Lipinski definition) is 6. The fraction of sp³-hybridized carbons (Fsp3) is 0.238. The predicted octanol–water partition coefficient (Wildman–Crippen LogP) is 3.46. The van der Waals surface area contributed by atoms with Gasteiger partial charge in [-0.05, 0) is 36.2 Å². The van der Waals surface area contributed by atoms with Crippen molar-refractivity contribution in [2.75, 3.05) is 18.1 Å². The first kappa shape index (κ1) is 19.9. The minimum absolute atomic E-state index is 0.0155. The predicted molar refractivity (Wildman–Crippen MR) is 110 cm³/mol. The molecule has 0 bridgehead atoms. The van der Waals surface area contributed by atoms with Gasteiger partial charge in [-0.1, -0.05) is 41.9 Å². The molecular formula is C21H19ClN4O4. The highest BCUT2D eigenvalue weighted by Crippen LogP contribution is 2.35. The summed E-state index contributed by atoms with van der Waals surface area (Å²) in [6, 6.07) is 12.5. The van der Waals surface area contributed by atoms with Gasteiger partial charge in [-0.3, -0.25) is 9.59 Å². The molecule has 0 saturated carbocycles. The fourth-order valence-electron chi connectivity index (χ4n) is 3.14. The summed E-state index contributed by atoms with van der Waals surface area (Å²) in [6.45, 7) is 2.85. The third kappa shape index (κ3) is 3.99. The standard InChI is InChI=1S/C21H19ClN4O4/c1-2-9-26-16-8-7-13(10-17(16)29-12-18(26)27)19-24-21(30-25-19)20(28)23-11-14-5-3-4-6-15(14)22/h3-8,10H,2,9,11-12H2,1H3,(H,23,28). The van der Waals surface area contributed by atoms with Crippen molar-refractivity contribution >= 4 is 29.1 Å². The van der Waals surface area contributed by atoms with Crippen molar-refractivity contribution in [1.29, 1.82) is 0 Å². The Labute approximate surface area is 177 Å². The lowest BCUT2D eigenvalue weighted by molar-refractivity contribution is -0.121. The number of anilines is 1. The molecule has 2 aromatic carbocycles. The summed E-state index contributed by atoms with van der Waals surface area (Å²) in [5.74, 6) is 0.0912. The number of nitrogens with zero attached hydrogens (tertiary/aromatic N) is 3. The second-order valence-electron chi connectivity index (χ2n) is 6.71. The Morgan fingerprint density at radius 2 is 2.10 bits per heavy atom. The summed E-state index contributed by atoms with van der Waals surface area (Å²) in [4.78, 5) is 30.3. The third-order valence-corrected chi connectivity index (χ3v) is 4.99. The van der Waals surface area contributed by atoms with Gasteiger partial charge < -0.3 is 19.5 Å². The fourth-order valence-corrected chi connectivity index (χ4v) is 3.34. The van der Waals surface area contributed by atoms with E-state index in [1.54, 1.807) is 29.2 Å². The van der Waals surface area contributed by atoms with Gasteiger partial charge in [0.05, 0.1) is 5.69 Å². The largest absolute Gasteiger partial charge is 0.482 e. The topological polar surface area (TPSA) is 97.6 Å². The van der Waals surface area contributed by atoms with Crippen molar-refractivity contribution in [1.82, 2.24) is 15.5 Å². The molecule has 1 aromatic heterocycles. The molecule has 0 atom stereocenters. The van der Waals surface area contributed by atoms with Gasteiger partial charge in [0.1, 0.15) is 5.75 Å². The van der Waals surface area contributed by atoms with Crippen LogP contribution in [0.3, 0.4) is 0 Å². The molecule has 8 nitrogen and oxygen atoms in total. The van der Waals surface area contributed by atoms with E-state index in [4.69, 9.17) is 20.9 Å². The average molecular weight is 427 g/mol. The summed E-state index contributed by atoms with van der Waals surface area (Å²) < 4.78 is 10.7. The molecule has 1 N–H and O–H groups in total. The van der Waals surface area contributed by atoms with Crippen LogP contribution >= 0.6 is 11.6 Å². The monoisotopic (exact) mass is 426 g/mol. The van der Waals surface area contributed by atoms with Gasteiger partial charge in [-0.2, -0.15) is 4.98 Å². The van der Waals surface area contributed by atoms with Crippen molar-refractivity contribution in [3.05, 3.63) is 58.9 Å². The number of nitrogens with one attached hydrogen (secondary N) is 1. The molecule has 1 aliphatic heterocycles. The van der Waals surface area contributed by atoms with E-state index in [-0.39, 0.29) is 30.8 Å². The number of carbonyl (C=O) groups excluding carboxylic acids is 2. The highest BCUT2D eigenvalue weighted by molar-refractivity contribution is 6.31. The Hall–Kier alpha value is -3.39. The third-order valence-electron chi connectivity index (χ3n) is 4.63. The maximum atomic E-state index is 12.3. The molecule has 0 saturated heterocycles. The molecular weight excluding hydrogens is 408 g/mol. The Balaban J connectivity index is 1.49. The number of fused-ring (bicyclic) bond motifs is 1. The summed E-state index contributed by atoms with van der Waals surface area (Å²) >= 11 is 6.10. The highest BCUT2D eigenvalue weighted by Gasteiger charge is 2.26. The van der Waals surface area contributed by atoms with E-state index in [0.717, 1.165) is 12.0 Å². The zero-order valence-corrected chi connectivity index (χ0v) is 17.0. The quantitative estimate of drug-likeness (QED) is 0.648. The number of hydrogen-bond donors (Lipinski definition) is 1. The molecule has 0 radical (unpaired) electrons. The van der Waals surface area contributed by atoms with E-state index < -0.39 is 5.91 Å². The Morgan fingerprint density at radius 3 is 2.90 bits per heavy atom. The van der Waals surface area contributed by atoms with Gasteiger partial charge in [-0.25, -0.2) is 0 Å². The van der Waals surface area contributed by atoms with Crippen LogP contribution in [0.2, 0.25) is 5.02 Å². The lowest BCUT2D eigenvalue weighted by Gasteiger charge is -2.29. The first-order valence-corrected chi connectivity index (χ1v) is 9.87. The average Bonchev–Trinajstić information content (AvgIpc) is 3.25. The first-order valence-electron chi connectivity index (χ1n) is 9.49. The van der Waals surface area contributed by atoms with Gasteiger partial charge in [0.2, 0.25) is 5.82 Å². The number of halogens is 1. The van der Waals surface area contributed by atoms with Crippen molar-refractivity contribution in [3.8, 4) is 17.1 Å². The van der Waals surface area contributed by atoms with Crippen LogP contribution in [0.5, 0.6) is 5.75 Å². The Morgan fingerprint density at radius 1 is 1.27 bits per heavy atom. The minimum atomic E-state index is -0.498. The van der Waals surface area contributed by atoms with Crippen LogP contribution in [0.1, 0.15) is 29.6 Å². The van der Waals surface area contributed by atoms with Crippen LogP contribution in [-0.2, 0) is 11.3 Å². The van der Waals surface area contributed by atoms with Gasteiger partial charge in [0.15, 0.2) is 6.61 Å². The van der Waals surface area contributed by atoms with Crippen LogP contribution < -0.4 is 15.0 Å². The molecule has 4 rings (SSSR count). The van der Waals surface area contributed by atoms with Crippen molar-refractivity contribution in [2.45, 2.75) is 19.9 Å². The number of rotatable bonds is 6. The van der Waals surface area contributed by atoms with Gasteiger partial charge in [-0.15, -0.1) is 0 Å². The Bertz CT molecular complexity index is 1100. The summed E-state index contributed by atoms with van der Waals surface area (Å²) in [7, 11) is 0. The smallest absolute Gasteiger partial charge is 0.316 e. The SMILES string of the molecule is CCCN1C(=O)COc2cc(-c3noc(C(=O)NCc4ccccc4Cl)n3)ccc21. The summed E-state index contributed by atoms with van der Waals surface area (Å²) in [5.41, 5.74) is 2.11. The molecule has 2 amide bonds. The minimum Gasteiger partial charge on any atom is -0.482 e. The molecule has 2 heterocycles. The molecule has 0 unspecified atom stereocenters. The normalized spacial score (nSPS) is 13.0. The molecule has 0 aliphatic carbocycles. The zero-order chi connectivity index (χ0) is 21.1.